The van der Waals surface area contributed by atoms with Crippen LogP contribution in [0.15, 0.2) is 0 Å². The van der Waals surface area contributed by atoms with Crippen LogP contribution in [0.1, 0.15) is 26.2 Å². The molecule has 3 unspecified atom stereocenters. The summed E-state index contributed by atoms with van der Waals surface area (Å²) in [5, 5.41) is 0. The van der Waals surface area contributed by atoms with Crippen molar-refractivity contribution in [3.63, 3.8) is 0 Å². The molecule has 0 aromatic rings. The van der Waals surface area contributed by atoms with E-state index in [0.717, 1.165) is 12.8 Å². The van der Waals surface area contributed by atoms with E-state index in [1.807, 2.05) is 0 Å². The van der Waals surface area contributed by atoms with Gasteiger partial charge in [-0.3, -0.25) is 13.8 Å². The van der Waals surface area contributed by atoms with Crippen LogP contribution in [0.25, 0.3) is 0 Å². The van der Waals surface area contributed by atoms with Crippen LogP contribution in [-0.4, -0.2) is 63.0 Å². The highest BCUT2D eigenvalue weighted by Crippen LogP contribution is 2.26. The van der Waals surface area contributed by atoms with Gasteiger partial charge in [0.1, 0.15) is 12.1 Å². The molecular formula is C12H20N2O3S. The summed E-state index contributed by atoms with van der Waals surface area (Å²) in [5.74, 6) is 0.718. The lowest BCUT2D eigenvalue weighted by molar-refractivity contribution is -0.158. The van der Waals surface area contributed by atoms with Crippen LogP contribution < -0.4 is 0 Å². The van der Waals surface area contributed by atoms with Gasteiger partial charge in [0.25, 0.3) is 0 Å². The highest BCUT2D eigenvalue weighted by Gasteiger charge is 2.45. The van der Waals surface area contributed by atoms with Crippen molar-refractivity contribution in [1.29, 1.82) is 0 Å². The number of amides is 2. The molecule has 2 heterocycles. The molecule has 2 fully saturated rings. The van der Waals surface area contributed by atoms with E-state index in [9.17, 15) is 13.8 Å². The first-order valence-corrected chi connectivity index (χ1v) is 8.16. The Morgan fingerprint density at radius 1 is 1.33 bits per heavy atom. The number of nitrogens with zero attached hydrogens (tertiary/aromatic N) is 2. The summed E-state index contributed by atoms with van der Waals surface area (Å²) < 4.78 is 11.0. The molecule has 0 spiro atoms. The molecule has 2 saturated heterocycles. The van der Waals surface area contributed by atoms with Gasteiger partial charge in [-0.05, 0) is 26.2 Å². The minimum atomic E-state index is -0.840. The number of hydrogen-bond acceptors (Lipinski definition) is 3. The van der Waals surface area contributed by atoms with E-state index >= 15 is 0 Å². The molecule has 2 aliphatic heterocycles. The van der Waals surface area contributed by atoms with Gasteiger partial charge in [0.2, 0.25) is 11.8 Å². The van der Waals surface area contributed by atoms with Crippen molar-refractivity contribution < 1.29 is 13.8 Å². The predicted molar refractivity (Wildman–Crippen MR) is 69.5 cm³/mol. The second kappa shape index (κ2) is 5.38. The van der Waals surface area contributed by atoms with Gasteiger partial charge < -0.3 is 9.80 Å². The van der Waals surface area contributed by atoms with E-state index in [4.69, 9.17) is 0 Å². The molecule has 2 amide bonds. The number of carbonyl (C=O) groups is 2. The zero-order valence-electron chi connectivity index (χ0n) is 10.9. The summed E-state index contributed by atoms with van der Waals surface area (Å²) in [6.45, 7) is 3.04. The maximum Gasteiger partial charge on any atom is 0.246 e. The highest BCUT2D eigenvalue weighted by molar-refractivity contribution is 7.84. The minimum absolute atomic E-state index is 0.0646. The van der Waals surface area contributed by atoms with Gasteiger partial charge in [-0.2, -0.15) is 0 Å². The van der Waals surface area contributed by atoms with Crippen molar-refractivity contribution in [1.82, 2.24) is 9.80 Å². The molecular weight excluding hydrogens is 252 g/mol. The van der Waals surface area contributed by atoms with Crippen LogP contribution >= 0.6 is 0 Å². The third-order valence-electron chi connectivity index (χ3n) is 3.76. The second-order valence-electron chi connectivity index (χ2n) is 5.03. The zero-order valence-corrected chi connectivity index (χ0v) is 11.7. The lowest BCUT2D eigenvalue weighted by Gasteiger charge is -2.40. The maximum atomic E-state index is 12.3. The van der Waals surface area contributed by atoms with Gasteiger partial charge in [-0.25, -0.2) is 0 Å². The predicted octanol–water partition coefficient (Wildman–Crippen LogP) is -0.0233. The van der Waals surface area contributed by atoms with Gasteiger partial charge in [0, 0.05) is 35.9 Å². The van der Waals surface area contributed by atoms with Gasteiger partial charge in [0.15, 0.2) is 0 Å². The molecule has 0 radical (unpaired) electrons. The fourth-order valence-electron chi connectivity index (χ4n) is 2.78. The van der Waals surface area contributed by atoms with Crippen LogP contribution in [0.4, 0.5) is 0 Å². The van der Waals surface area contributed by atoms with E-state index in [-0.39, 0.29) is 23.9 Å². The van der Waals surface area contributed by atoms with E-state index < -0.39 is 10.8 Å². The molecule has 6 heteroatoms. The Hall–Kier alpha value is -0.910. The Bertz CT molecular complexity index is 386. The standard InChI is InChI=1S/C12H20N2O3S/c1-9-11(15)14-6-3-5-10(14)12(16)13(9)7-4-8-18(2)17/h9-10H,3-8H2,1-2H3. The van der Waals surface area contributed by atoms with Crippen molar-refractivity contribution in [2.24, 2.45) is 0 Å². The molecule has 3 atom stereocenters. The molecule has 0 N–H and O–H groups in total. The van der Waals surface area contributed by atoms with Crippen molar-refractivity contribution >= 4 is 22.6 Å². The molecule has 2 aliphatic rings. The molecule has 0 aromatic heterocycles. The van der Waals surface area contributed by atoms with Gasteiger partial charge in [0.05, 0.1) is 0 Å². The average molecular weight is 272 g/mol. The lowest BCUT2D eigenvalue weighted by atomic mass is 10.1. The number of carbonyl (C=O) groups excluding carboxylic acids is 2. The summed E-state index contributed by atoms with van der Waals surface area (Å²) >= 11 is 0. The largest absolute Gasteiger partial charge is 0.329 e. The molecule has 0 saturated carbocycles. The fourth-order valence-corrected chi connectivity index (χ4v) is 3.32. The van der Waals surface area contributed by atoms with E-state index in [1.165, 1.54) is 0 Å². The van der Waals surface area contributed by atoms with Crippen LogP contribution in [-0.2, 0) is 20.4 Å². The number of piperazine rings is 1. The van der Waals surface area contributed by atoms with E-state index in [0.29, 0.717) is 25.3 Å². The summed E-state index contributed by atoms with van der Waals surface area (Å²) in [6, 6.07) is -0.599. The third-order valence-corrected chi connectivity index (χ3v) is 4.62. The van der Waals surface area contributed by atoms with Crippen molar-refractivity contribution in [2.45, 2.75) is 38.3 Å². The maximum absolute atomic E-state index is 12.3. The SMILES string of the molecule is CC1C(=O)N2CCCC2C(=O)N1CCCS(C)=O. The van der Waals surface area contributed by atoms with Gasteiger partial charge in [-0.15, -0.1) is 0 Å². The van der Waals surface area contributed by atoms with E-state index in [1.54, 1.807) is 23.0 Å². The molecule has 18 heavy (non-hydrogen) atoms. The highest BCUT2D eigenvalue weighted by atomic mass is 32.2. The monoisotopic (exact) mass is 272 g/mol. The number of rotatable bonds is 4. The van der Waals surface area contributed by atoms with Crippen LogP contribution in [0, 0.1) is 0 Å². The average Bonchev–Trinajstić information content (AvgIpc) is 2.79. The minimum Gasteiger partial charge on any atom is -0.329 e. The topological polar surface area (TPSA) is 57.7 Å². The van der Waals surface area contributed by atoms with Gasteiger partial charge in [-0.1, -0.05) is 0 Å². The second-order valence-corrected chi connectivity index (χ2v) is 6.58. The zero-order chi connectivity index (χ0) is 13.3. The number of fused-ring (bicyclic) bond motifs is 1. The third kappa shape index (κ3) is 2.43. The summed E-state index contributed by atoms with van der Waals surface area (Å²) in [4.78, 5) is 27.8. The first-order chi connectivity index (χ1) is 8.52. The molecule has 0 aromatic carbocycles. The van der Waals surface area contributed by atoms with Crippen LogP contribution in [0.5, 0.6) is 0 Å². The van der Waals surface area contributed by atoms with Crippen LogP contribution in [0.2, 0.25) is 0 Å². The van der Waals surface area contributed by atoms with E-state index in [2.05, 4.69) is 0 Å². The first-order valence-electron chi connectivity index (χ1n) is 6.43. The van der Waals surface area contributed by atoms with Gasteiger partial charge >= 0.3 is 0 Å². The Morgan fingerprint density at radius 2 is 2.06 bits per heavy atom. The Morgan fingerprint density at radius 3 is 2.72 bits per heavy atom. The first kappa shape index (κ1) is 13.5. The smallest absolute Gasteiger partial charge is 0.246 e. The number of hydrogen-bond donors (Lipinski definition) is 0. The van der Waals surface area contributed by atoms with Crippen molar-refractivity contribution in [3.8, 4) is 0 Å². The lowest BCUT2D eigenvalue weighted by Crippen LogP contribution is -2.61. The Balaban J connectivity index is 2.02. The molecule has 2 rings (SSSR count). The molecule has 0 bridgehead atoms. The molecule has 0 aliphatic carbocycles. The van der Waals surface area contributed by atoms with Crippen molar-refractivity contribution in [2.75, 3.05) is 25.1 Å². The Labute approximate surface area is 110 Å². The van der Waals surface area contributed by atoms with Crippen LogP contribution in [0.3, 0.4) is 0 Å². The van der Waals surface area contributed by atoms with Crippen molar-refractivity contribution in [3.05, 3.63) is 0 Å². The summed E-state index contributed by atoms with van der Waals surface area (Å²) in [7, 11) is -0.840. The molecule has 5 nitrogen and oxygen atoms in total. The quantitative estimate of drug-likeness (QED) is 0.722. The normalized spacial score (nSPS) is 29.7. The molecule has 102 valence electrons. The Kier molecular flexibility index (Phi) is 4.04. The fraction of sp³-hybridized carbons (Fsp3) is 0.833. The summed E-state index contributed by atoms with van der Waals surface area (Å²) in [6.07, 6.45) is 4.06. The summed E-state index contributed by atoms with van der Waals surface area (Å²) in [5.41, 5.74) is 0.